The molecule has 0 amide bonds. The van der Waals surface area contributed by atoms with Crippen molar-refractivity contribution in [2.24, 2.45) is 5.73 Å². The number of thiocarbonyl (C=S) groups is 1. The number of anilines is 1. The highest BCUT2D eigenvalue weighted by molar-refractivity contribution is 7.99. The maximum absolute atomic E-state index is 13.6. The van der Waals surface area contributed by atoms with Gasteiger partial charge in [0.15, 0.2) is 11.6 Å². The Hall–Kier alpha value is -0.880. The molecule has 94 valence electrons. The minimum absolute atomic E-state index is 0.0686. The van der Waals surface area contributed by atoms with Crippen LogP contribution in [-0.2, 0) is 0 Å². The predicted octanol–water partition coefficient (Wildman–Crippen LogP) is 2.76. The Morgan fingerprint density at radius 2 is 2.12 bits per heavy atom. The van der Waals surface area contributed by atoms with Crippen molar-refractivity contribution in [3.8, 4) is 0 Å². The zero-order valence-electron chi connectivity index (χ0n) is 9.59. The van der Waals surface area contributed by atoms with Gasteiger partial charge in [0.25, 0.3) is 0 Å². The molecule has 0 heterocycles. The molecule has 1 aromatic rings. The molecule has 1 rings (SSSR count). The van der Waals surface area contributed by atoms with Crippen LogP contribution in [0, 0.1) is 11.6 Å². The third-order valence-corrected chi connectivity index (χ3v) is 3.52. The molecule has 1 aromatic carbocycles. The molecule has 2 nitrogen and oxygen atoms in total. The number of hydrogen-bond donors (Lipinski definition) is 2. The van der Waals surface area contributed by atoms with Crippen LogP contribution in [-0.4, -0.2) is 23.0 Å². The third-order valence-electron chi connectivity index (χ3n) is 2.33. The summed E-state index contributed by atoms with van der Waals surface area (Å²) >= 11 is 6.27. The van der Waals surface area contributed by atoms with Crippen molar-refractivity contribution in [2.45, 2.75) is 12.2 Å². The first-order valence-electron chi connectivity index (χ1n) is 5.01. The number of hydrogen-bond acceptors (Lipinski definition) is 3. The SMILES string of the molecule is CSC(C)CNc1ccc(C(N)=S)c(F)c1F. The van der Waals surface area contributed by atoms with E-state index in [1.807, 2.05) is 13.2 Å². The average molecular weight is 276 g/mol. The molecule has 0 radical (unpaired) electrons. The maximum atomic E-state index is 13.6. The lowest BCUT2D eigenvalue weighted by atomic mass is 10.1. The lowest BCUT2D eigenvalue weighted by Gasteiger charge is -2.13. The summed E-state index contributed by atoms with van der Waals surface area (Å²) in [5.74, 6) is -1.94. The molecule has 3 N–H and O–H groups in total. The largest absolute Gasteiger partial charge is 0.389 e. The highest BCUT2D eigenvalue weighted by Gasteiger charge is 2.15. The Morgan fingerprint density at radius 1 is 1.47 bits per heavy atom. The van der Waals surface area contributed by atoms with Gasteiger partial charge in [-0.2, -0.15) is 11.8 Å². The van der Waals surface area contributed by atoms with Crippen LogP contribution in [0.3, 0.4) is 0 Å². The molecule has 0 aliphatic carbocycles. The van der Waals surface area contributed by atoms with E-state index in [-0.39, 0.29) is 16.2 Å². The molecule has 0 bridgehead atoms. The van der Waals surface area contributed by atoms with Crippen LogP contribution in [0.2, 0.25) is 0 Å². The van der Waals surface area contributed by atoms with E-state index in [4.69, 9.17) is 5.73 Å². The van der Waals surface area contributed by atoms with Crippen molar-refractivity contribution in [3.05, 3.63) is 29.3 Å². The van der Waals surface area contributed by atoms with Crippen LogP contribution in [0.5, 0.6) is 0 Å². The molecular formula is C11H14F2N2S2. The number of nitrogens with two attached hydrogens (primary N) is 1. The molecule has 0 aliphatic heterocycles. The fraction of sp³-hybridized carbons (Fsp3) is 0.364. The number of halogens is 2. The van der Waals surface area contributed by atoms with Gasteiger partial charge in [-0.3, -0.25) is 0 Å². The molecule has 0 aliphatic rings. The fourth-order valence-electron chi connectivity index (χ4n) is 1.21. The van der Waals surface area contributed by atoms with Gasteiger partial charge in [-0.1, -0.05) is 19.1 Å². The monoisotopic (exact) mass is 276 g/mol. The number of rotatable bonds is 5. The Balaban J connectivity index is 2.89. The molecule has 17 heavy (non-hydrogen) atoms. The van der Waals surface area contributed by atoms with Crippen molar-refractivity contribution in [1.82, 2.24) is 0 Å². The zero-order chi connectivity index (χ0) is 13.0. The highest BCUT2D eigenvalue weighted by Crippen LogP contribution is 2.21. The smallest absolute Gasteiger partial charge is 0.182 e. The second-order valence-electron chi connectivity index (χ2n) is 3.58. The second kappa shape index (κ2) is 6.16. The third kappa shape index (κ3) is 3.54. The van der Waals surface area contributed by atoms with E-state index < -0.39 is 11.6 Å². The summed E-state index contributed by atoms with van der Waals surface area (Å²) in [6.07, 6.45) is 1.96. The molecule has 0 aromatic heterocycles. The Kier molecular flexibility index (Phi) is 5.14. The zero-order valence-corrected chi connectivity index (χ0v) is 11.2. The highest BCUT2D eigenvalue weighted by atomic mass is 32.2. The molecule has 0 spiro atoms. The summed E-state index contributed by atoms with van der Waals surface area (Å²) in [6, 6.07) is 2.83. The molecule has 0 saturated carbocycles. The molecule has 1 atom stereocenters. The molecule has 1 unspecified atom stereocenters. The Morgan fingerprint density at radius 3 is 2.65 bits per heavy atom. The van der Waals surface area contributed by atoms with Gasteiger partial charge in [0, 0.05) is 17.4 Å². The summed E-state index contributed by atoms with van der Waals surface area (Å²) < 4.78 is 27.1. The first-order valence-corrected chi connectivity index (χ1v) is 6.71. The van der Waals surface area contributed by atoms with E-state index in [2.05, 4.69) is 17.5 Å². The number of nitrogens with one attached hydrogen (secondary N) is 1. The quantitative estimate of drug-likeness (QED) is 0.811. The van der Waals surface area contributed by atoms with E-state index in [9.17, 15) is 8.78 Å². The van der Waals surface area contributed by atoms with Gasteiger partial charge in [0.05, 0.1) is 5.69 Å². The standard InChI is InChI=1S/C11H14F2N2S2/c1-6(17-2)5-15-8-4-3-7(11(14)16)9(12)10(8)13/h3-4,6,15H,5H2,1-2H3,(H2,14,16). The van der Waals surface area contributed by atoms with Crippen molar-refractivity contribution in [2.75, 3.05) is 18.1 Å². The second-order valence-corrected chi connectivity index (χ2v) is 5.30. The van der Waals surface area contributed by atoms with Crippen LogP contribution < -0.4 is 11.1 Å². The molecular weight excluding hydrogens is 262 g/mol. The van der Waals surface area contributed by atoms with Gasteiger partial charge in [-0.05, 0) is 18.4 Å². The van der Waals surface area contributed by atoms with Crippen molar-refractivity contribution in [1.29, 1.82) is 0 Å². The number of benzene rings is 1. The molecule has 0 saturated heterocycles. The van der Waals surface area contributed by atoms with Gasteiger partial charge < -0.3 is 11.1 Å². The van der Waals surface area contributed by atoms with Crippen LogP contribution in [0.15, 0.2) is 12.1 Å². The summed E-state index contributed by atoms with van der Waals surface area (Å²) in [4.78, 5) is -0.148. The summed E-state index contributed by atoms with van der Waals surface area (Å²) in [5.41, 5.74) is 5.34. The van der Waals surface area contributed by atoms with Gasteiger partial charge in [0.2, 0.25) is 0 Å². The molecule has 6 heteroatoms. The van der Waals surface area contributed by atoms with Crippen LogP contribution in [0.1, 0.15) is 12.5 Å². The normalized spacial score (nSPS) is 12.2. The summed E-state index contributed by atoms with van der Waals surface area (Å²) in [5, 5.41) is 3.16. The van der Waals surface area contributed by atoms with Crippen LogP contribution >= 0.6 is 24.0 Å². The first-order chi connectivity index (χ1) is 7.97. The van der Waals surface area contributed by atoms with E-state index in [1.165, 1.54) is 12.1 Å². The van der Waals surface area contributed by atoms with Gasteiger partial charge in [-0.15, -0.1) is 0 Å². The topological polar surface area (TPSA) is 38.0 Å². The fourth-order valence-corrected chi connectivity index (χ4v) is 1.62. The summed E-state index contributed by atoms with van der Waals surface area (Å²) in [6.45, 7) is 2.55. The van der Waals surface area contributed by atoms with Gasteiger partial charge in [0.1, 0.15) is 4.99 Å². The van der Waals surface area contributed by atoms with Crippen molar-refractivity contribution in [3.63, 3.8) is 0 Å². The maximum Gasteiger partial charge on any atom is 0.182 e. The first kappa shape index (κ1) is 14.2. The van der Waals surface area contributed by atoms with Crippen molar-refractivity contribution < 1.29 is 8.78 Å². The van der Waals surface area contributed by atoms with E-state index >= 15 is 0 Å². The van der Waals surface area contributed by atoms with E-state index in [1.54, 1.807) is 11.8 Å². The van der Waals surface area contributed by atoms with Crippen LogP contribution in [0.4, 0.5) is 14.5 Å². The van der Waals surface area contributed by atoms with Crippen molar-refractivity contribution >= 4 is 34.7 Å². The van der Waals surface area contributed by atoms with Crippen LogP contribution in [0.25, 0.3) is 0 Å². The van der Waals surface area contributed by atoms with Gasteiger partial charge in [-0.25, -0.2) is 8.78 Å². The minimum Gasteiger partial charge on any atom is -0.389 e. The lowest BCUT2D eigenvalue weighted by molar-refractivity contribution is 0.509. The predicted molar refractivity (Wildman–Crippen MR) is 73.7 cm³/mol. The average Bonchev–Trinajstić information content (AvgIpc) is 2.30. The Labute approximate surface area is 109 Å². The van der Waals surface area contributed by atoms with Gasteiger partial charge >= 0.3 is 0 Å². The minimum atomic E-state index is -1.00. The lowest BCUT2D eigenvalue weighted by Crippen LogP contribution is -2.16. The Bertz CT molecular complexity index is 424. The van der Waals surface area contributed by atoms with E-state index in [0.717, 1.165) is 0 Å². The number of thioether (sulfide) groups is 1. The van der Waals surface area contributed by atoms with E-state index in [0.29, 0.717) is 11.8 Å². The summed E-state index contributed by atoms with van der Waals surface area (Å²) in [7, 11) is 0. The molecule has 0 fully saturated rings.